The van der Waals surface area contributed by atoms with Crippen molar-refractivity contribution in [2.24, 2.45) is 0 Å². The Balaban J connectivity index is 1.73. The molecule has 0 aliphatic heterocycles. The number of nitrogens with zero attached hydrogens (tertiary/aromatic N) is 2. The number of aryl methyl sites for hydroxylation is 3. The fourth-order valence-corrected chi connectivity index (χ4v) is 3.89. The molecule has 1 amide bonds. The number of anilines is 1. The topological polar surface area (TPSA) is 70.7 Å². The van der Waals surface area contributed by atoms with Gasteiger partial charge in [0.2, 0.25) is 5.13 Å². The second-order valence-electron chi connectivity index (χ2n) is 5.95. The number of fused-ring (bicyclic) bond motifs is 3. The first-order chi connectivity index (χ1) is 11.2. The normalized spacial score (nSPS) is 14.5. The van der Waals surface area contributed by atoms with Crippen LogP contribution in [0.4, 0.5) is 5.13 Å². The van der Waals surface area contributed by atoms with E-state index in [1.807, 2.05) is 19.1 Å². The fraction of sp³-hybridized carbons (Fsp3) is 0.353. The van der Waals surface area contributed by atoms with Crippen molar-refractivity contribution >= 4 is 33.3 Å². The summed E-state index contributed by atoms with van der Waals surface area (Å²) in [4.78, 5) is 16.1. The largest absolute Gasteiger partial charge is 0.358 e. The van der Waals surface area contributed by atoms with E-state index in [4.69, 9.17) is 0 Å². The number of hydrogen-bond acceptors (Lipinski definition) is 4. The fourth-order valence-electron chi connectivity index (χ4n) is 3.31. The zero-order valence-electron chi connectivity index (χ0n) is 13.0. The number of rotatable bonds is 2. The molecule has 3 aromatic rings. The Morgan fingerprint density at radius 1 is 1.22 bits per heavy atom. The summed E-state index contributed by atoms with van der Waals surface area (Å²) in [5.41, 5.74) is 4.30. The quantitative estimate of drug-likeness (QED) is 0.703. The number of H-pyrrole nitrogens is 1. The highest BCUT2D eigenvalue weighted by Crippen LogP contribution is 2.30. The smallest absolute Gasteiger partial charge is 0.259 e. The van der Waals surface area contributed by atoms with E-state index in [0.29, 0.717) is 10.7 Å². The van der Waals surface area contributed by atoms with Crippen LogP contribution >= 0.6 is 11.3 Å². The van der Waals surface area contributed by atoms with Crippen LogP contribution in [-0.4, -0.2) is 21.1 Å². The Labute approximate surface area is 138 Å². The first kappa shape index (κ1) is 14.4. The van der Waals surface area contributed by atoms with Crippen molar-refractivity contribution in [1.82, 2.24) is 15.2 Å². The number of carbonyl (C=O) groups is 1. The number of carbonyl (C=O) groups excluding carboxylic acids is 1. The minimum atomic E-state index is -0.136. The molecule has 0 spiro atoms. The van der Waals surface area contributed by atoms with Gasteiger partial charge < -0.3 is 4.98 Å². The molecule has 118 valence electrons. The highest BCUT2D eigenvalue weighted by Gasteiger charge is 2.19. The van der Waals surface area contributed by atoms with Gasteiger partial charge in [-0.1, -0.05) is 29.9 Å². The summed E-state index contributed by atoms with van der Waals surface area (Å²) in [6.45, 7) is 1.87. The van der Waals surface area contributed by atoms with Gasteiger partial charge in [0.15, 0.2) is 0 Å². The number of benzene rings is 1. The third-order valence-electron chi connectivity index (χ3n) is 4.37. The van der Waals surface area contributed by atoms with E-state index in [1.165, 1.54) is 47.2 Å². The Bertz CT molecular complexity index is 880. The predicted molar refractivity (Wildman–Crippen MR) is 92.2 cm³/mol. The molecule has 1 aliphatic carbocycles. The van der Waals surface area contributed by atoms with Crippen molar-refractivity contribution in [3.63, 3.8) is 0 Å². The average Bonchev–Trinajstić information content (AvgIpc) is 3.02. The summed E-state index contributed by atoms with van der Waals surface area (Å²) in [5, 5.41) is 13.3. The third kappa shape index (κ3) is 2.63. The lowest BCUT2D eigenvalue weighted by Crippen LogP contribution is -2.12. The van der Waals surface area contributed by atoms with Crippen LogP contribution in [0.5, 0.6) is 0 Å². The predicted octanol–water partition coefficient (Wildman–Crippen LogP) is 3.85. The lowest BCUT2D eigenvalue weighted by atomic mass is 10.0. The number of hydrogen-bond donors (Lipinski definition) is 2. The van der Waals surface area contributed by atoms with Crippen molar-refractivity contribution in [3.8, 4) is 0 Å². The lowest BCUT2D eigenvalue weighted by molar-refractivity contribution is 0.102. The van der Waals surface area contributed by atoms with E-state index in [-0.39, 0.29) is 5.91 Å². The maximum absolute atomic E-state index is 12.6. The Morgan fingerprint density at radius 3 is 2.91 bits per heavy atom. The summed E-state index contributed by atoms with van der Waals surface area (Å²) in [5.74, 6) is -0.136. The molecule has 6 heteroatoms. The number of para-hydroxylation sites is 1. The second kappa shape index (κ2) is 5.77. The summed E-state index contributed by atoms with van der Waals surface area (Å²) in [6, 6.07) is 5.94. The van der Waals surface area contributed by atoms with Crippen LogP contribution in [0.2, 0.25) is 0 Å². The van der Waals surface area contributed by atoms with E-state index in [2.05, 4.69) is 26.6 Å². The molecule has 2 N–H and O–H groups in total. The molecule has 0 bridgehead atoms. The second-order valence-corrected chi connectivity index (χ2v) is 7.13. The molecule has 1 aromatic carbocycles. The Hall–Kier alpha value is -2.21. The first-order valence-electron chi connectivity index (χ1n) is 7.96. The highest BCUT2D eigenvalue weighted by atomic mass is 32.1. The molecule has 0 saturated carbocycles. The van der Waals surface area contributed by atoms with Gasteiger partial charge in [-0.05, 0) is 44.2 Å². The first-order valence-corrected chi connectivity index (χ1v) is 8.78. The molecule has 0 unspecified atom stereocenters. The van der Waals surface area contributed by atoms with Crippen LogP contribution < -0.4 is 5.32 Å². The minimum Gasteiger partial charge on any atom is -0.358 e. The molecule has 0 fully saturated rings. The number of amides is 1. The zero-order valence-corrected chi connectivity index (χ0v) is 13.8. The van der Waals surface area contributed by atoms with Gasteiger partial charge in [0, 0.05) is 11.1 Å². The Morgan fingerprint density at radius 2 is 2.09 bits per heavy atom. The van der Waals surface area contributed by atoms with E-state index < -0.39 is 0 Å². The van der Waals surface area contributed by atoms with Gasteiger partial charge in [0.05, 0.1) is 11.1 Å². The van der Waals surface area contributed by atoms with Crippen LogP contribution in [-0.2, 0) is 12.8 Å². The molecule has 4 rings (SSSR count). The summed E-state index contributed by atoms with van der Waals surface area (Å²) in [7, 11) is 0. The van der Waals surface area contributed by atoms with E-state index in [0.717, 1.165) is 23.4 Å². The summed E-state index contributed by atoms with van der Waals surface area (Å²) < 4.78 is 0. The molecule has 0 radical (unpaired) electrons. The monoisotopic (exact) mass is 326 g/mol. The van der Waals surface area contributed by atoms with E-state index in [9.17, 15) is 4.79 Å². The minimum absolute atomic E-state index is 0.136. The van der Waals surface area contributed by atoms with Crippen molar-refractivity contribution in [1.29, 1.82) is 0 Å². The molecule has 5 nitrogen and oxygen atoms in total. The van der Waals surface area contributed by atoms with Crippen LogP contribution in [0.1, 0.15) is 45.9 Å². The standard InChI is InChI=1S/C17H18N4OS/c1-10-20-21-17(23-10)19-16(22)13-8-5-7-12-11-6-3-2-4-9-14(11)18-15(12)13/h5,7-8,18H,2-4,6,9H2,1H3,(H,19,21,22). The highest BCUT2D eigenvalue weighted by molar-refractivity contribution is 7.15. The van der Waals surface area contributed by atoms with Gasteiger partial charge in [-0.2, -0.15) is 0 Å². The molecule has 1 aliphatic rings. The lowest BCUT2D eigenvalue weighted by Gasteiger charge is -2.04. The average molecular weight is 326 g/mol. The van der Waals surface area contributed by atoms with Crippen molar-refractivity contribution in [3.05, 3.63) is 40.0 Å². The molecule has 2 aromatic heterocycles. The molecule has 2 heterocycles. The summed E-state index contributed by atoms with van der Waals surface area (Å²) in [6.07, 6.45) is 5.88. The maximum Gasteiger partial charge on any atom is 0.259 e. The van der Waals surface area contributed by atoms with Gasteiger partial charge in [0.25, 0.3) is 5.91 Å². The molecular weight excluding hydrogens is 308 g/mol. The molecule has 0 saturated heterocycles. The van der Waals surface area contributed by atoms with Gasteiger partial charge in [-0.15, -0.1) is 10.2 Å². The molecule has 0 atom stereocenters. The van der Waals surface area contributed by atoms with Gasteiger partial charge in [-0.3, -0.25) is 10.1 Å². The van der Waals surface area contributed by atoms with Gasteiger partial charge >= 0.3 is 0 Å². The number of aromatic nitrogens is 3. The third-order valence-corrected chi connectivity index (χ3v) is 5.13. The van der Waals surface area contributed by atoms with E-state index >= 15 is 0 Å². The van der Waals surface area contributed by atoms with Crippen LogP contribution in [0.3, 0.4) is 0 Å². The Kier molecular flexibility index (Phi) is 3.61. The van der Waals surface area contributed by atoms with Crippen LogP contribution in [0, 0.1) is 6.92 Å². The summed E-state index contributed by atoms with van der Waals surface area (Å²) >= 11 is 1.38. The van der Waals surface area contributed by atoms with Crippen molar-refractivity contribution in [2.45, 2.75) is 39.0 Å². The van der Waals surface area contributed by atoms with Crippen LogP contribution in [0.15, 0.2) is 18.2 Å². The zero-order chi connectivity index (χ0) is 15.8. The maximum atomic E-state index is 12.6. The number of nitrogens with one attached hydrogen (secondary N) is 2. The molecular formula is C17H18N4OS. The van der Waals surface area contributed by atoms with Gasteiger partial charge in [0.1, 0.15) is 5.01 Å². The number of aromatic amines is 1. The van der Waals surface area contributed by atoms with Crippen molar-refractivity contribution in [2.75, 3.05) is 5.32 Å². The van der Waals surface area contributed by atoms with Gasteiger partial charge in [-0.25, -0.2) is 0 Å². The van der Waals surface area contributed by atoms with E-state index in [1.54, 1.807) is 0 Å². The molecule has 23 heavy (non-hydrogen) atoms. The van der Waals surface area contributed by atoms with Crippen LogP contribution in [0.25, 0.3) is 10.9 Å². The SMILES string of the molecule is Cc1nnc(NC(=O)c2cccc3c4c([nH]c23)CCCCC4)s1. The van der Waals surface area contributed by atoms with Crippen molar-refractivity contribution < 1.29 is 4.79 Å².